The lowest BCUT2D eigenvalue weighted by atomic mass is 10.1. The quantitative estimate of drug-likeness (QED) is 0.498. The minimum atomic E-state index is -0.494. The van der Waals surface area contributed by atoms with Crippen molar-refractivity contribution in [1.29, 1.82) is 0 Å². The Bertz CT molecular complexity index is 926. The van der Waals surface area contributed by atoms with Gasteiger partial charge in [-0.05, 0) is 41.3 Å². The first kappa shape index (κ1) is 21.4. The Hall–Kier alpha value is -3.32. The summed E-state index contributed by atoms with van der Waals surface area (Å²) in [7, 11) is 1.59. The first-order valence-electron chi connectivity index (χ1n) is 9.46. The summed E-state index contributed by atoms with van der Waals surface area (Å²) in [6.45, 7) is -0.176. The van der Waals surface area contributed by atoms with Gasteiger partial charge in [-0.2, -0.15) is 0 Å². The van der Waals surface area contributed by atoms with Crippen molar-refractivity contribution in [3.05, 3.63) is 82.6 Å². The zero-order valence-corrected chi connectivity index (χ0v) is 17.4. The van der Waals surface area contributed by atoms with E-state index in [0.717, 1.165) is 16.2 Å². The summed E-state index contributed by atoms with van der Waals surface area (Å²) in [4.78, 5) is 25.3. The number of hydrogen-bond acceptors (Lipinski definition) is 6. The van der Waals surface area contributed by atoms with Crippen molar-refractivity contribution in [1.82, 2.24) is 5.32 Å². The van der Waals surface area contributed by atoms with E-state index in [1.165, 1.54) is 0 Å². The first-order chi connectivity index (χ1) is 14.7. The van der Waals surface area contributed by atoms with Gasteiger partial charge in [0, 0.05) is 4.88 Å². The Kier molecular flexibility index (Phi) is 7.86. The first-order valence-corrected chi connectivity index (χ1v) is 10.3. The second-order valence-corrected chi connectivity index (χ2v) is 7.34. The average molecular weight is 426 g/mol. The van der Waals surface area contributed by atoms with Gasteiger partial charge in [0.2, 0.25) is 0 Å². The average Bonchev–Trinajstić information content (AvgIpc) is 3.32. The van der Waals surface area contributed by atoms with E-state index in [1.54, 1.807) is 42.7 Å². The Balaban J connectivity index is 1.44. The van der Waals surface area contributed by atoms with Crippen LogP contribution in [0.3, 0.4) is 0 Å². The van der Waals surface area contributed by atoms with E-state index < -0.39 is 5.97 Å². The maximum atomic E-state index is 12.4. The topological polar surface area (TPSA) is 73.9 Å². The molecule has 0 aliphatic rings. The molecule has 30 heavy (non-hydrogen) atoms. The molecule has 3 aromatic rings. The molecule has 6 nitrogen and oxygen atoms in total. The summed E-state index contributed by atoms with van der Waals surface area (Å²) < 4.78 is 15.7. The van der Waals surface area contributed by atoms with E-state index in [-0.39, 0.29) is 31.6 Å². The smallest absolute Gasteiger partial charge is 0.309 e. The number of methoxy groups -OCH3 is 1. The van der Waals surface area contributed by atoms with Gasteiger partial charge < -0.3 is 19.5 Å². The van der Waals surface area contributed by atoms with Crippen molar-refractivity contribution < 1.29 is 23.8 Å². The summed E-state index contributed by atoms with van der Waals surface area (Å²) in [6.07, 6.45) is 0.0480. The molecule has 0 radical (unpaired) electrons. The Morgan fingerprint density at radius 1 is 0.967 bits per heavy atom. The summed E-state index contributed by atoms with van der Waals surface area (Å²) in [6, 6.07) is 20.3. The third kappa shape index (κ3) is 6.35. The fourth-order valence-electron chi connectivity index (χ4n) is 2.76. The molecule has 2 aromatic carbocycles. The molecule has 1 amide bonds. The highest BCUT2D eigenvalue weighted by Crippen LogP contribution is 2.25. The van der Waals surface area contributed by atoms with E-state index in [4.69, 9.17) is 14.2 Å². The lowest BCUT2D eigenvalue weighted by Gasteiger charge is -2.18. The van der Waals surface area contributed by atoms with Gasteiger partial charge in [-0.3, -0.25) is 9.59 Å². The van der Waals surface area contributed by atoms with Gasteiger partial charge in [0.1, 0.15) is 11.5 Å². The van der Waals surface area contributed by atoms with Gasteiger partial charge in [0.05, 0.1) is 26.2 Å². The second-order valence-electron chi connectivity index (χ2n) is 6.36. The minimum absolute atomic E-state index is 0.0480. The highest BCUT2D eigenvalue weighted by molar-refractivity contribution is 7.10. The molecule has 0 spiro atoms. The Labute approximate surface area is 179 Å². The number of ether oxygens (including phenoxy) is 3. The van der Waals surface area contributed by atoms with Gasteiger partial charge in [0.25, 0.3) is 5.91 Å². The molecular formula is C23H23NO5S. The fraction of sp³-hybridized carbons (Fsp3) is 0.217. The Morgan fingerprint density at radius 3 is 2.37 bits per heavy atom. The molecule has 1 aromatic heterocycles. The maximum absolute atomic E-state index is 12.4. The Morgan fingerprint density at radius 2 is 1.70 bits per heavy atom. The predicted octanol–water partition coefficient (Wildman–Crippen LogP) is 3.97. The van der Waals surface area contributed by atoms with Crippen LogP contribution in [-0.4, -0.2) is 32.2 Å². The van der Waals surface area contributed by atoms with Gasteiger partial charge >= 0.3 is 5.97 Å². The molecule has 156 valence electrons. The highest BCUT2D eigenvalue weighted by atomic mass is 32.1. The molecule has 1 unspecified atom stereocenters. The fourth-order valence-corrected chi connectivity index (χ4v) is 3.57. The third-order valence-corrected chi connectivity index (χ3v) is 5.20. The molecule has 1 heterocycles. The van der Waals surface area contributed by atoms with Crippen LogP contribution >= 0.6 is 11.3 Å². The number of carbonyl (C=O) groups is 2. The highest BCUT2D eigenvalue weighted by Gasteiger charge is 2.18. The zero-order valence-electron chi connectivity index (χ0n) is 16.6. The molecule has 0 saturated carbocycles. The molecular weight excluding hydrogens is 402 g/mol. The number of thiophene rings is 1. The molecule has 0 bridgehead atoms. The molecule has 0 fully saturated rings. The van der Waals surface area contributed by atoms with Gasteiger partial charge in [0.15, 0.2) is 6.61 Å². The van der Waals surface area contributed by atoms with Crippen molar-refractivity contribution in [3.8, 4) is 11.5 Å². The van der Waals surface area contributed by atoms with Gasteiger partial charge in [-0.1, -0.05) is 36.4 Å². The molecule has 3 rings (SSSR count). The molecule has 0 aliphatic carbocycles. The minimum Gasteiger partial charge on any atom is -0.497 e. The van der Waals surface area contributed by atoms with E-state index in [9.17, 15) is 9.59 Å². The zero-order chi connectivity index (χ0) is 21.2. The number of hydrogen-bond donors (Lipinski definition) is 1. The van der Waals surface area contributed by atoms with Crippen molar-refractivity contribution in [2.45, 2.75) is 12.5 Å². The van der Waals surface area contributed by atoms with E-state index in [0.29, 0.717) is 5.75 Å². The molecule has 7 heteroatoms. The van der Waals surface area contributed by atoms with Gasteiger partial charge in [-0.25, -0.2) is 0 Å². The van der Waals surface area contributed by atoms with Gasteiger partial charge in [-0.15, -0.1) is 11.3 Å². The number of amides is 1. The molecule has 1 atom stereocenters. The predicted molar refractivity (Wildman–Crippen MR) is 115 cm³/mol. The molecule has 0 saturated heterocycles. The van der Waals surface area contributed by atoms with Crippen LogP contribution in [0.1, 0.15) is 22.9 Å². The summed E-state index contributed by atoms with van der Waals surface area (Å²) in [5.74, 6) is 0.500. The number of esters is 1. The van der Waals surface area contributed by atoms with E-state index in [2.05, 4.69) is 5.32 Å². The number of benzene rings is 2. The van der Waals surface area contributed by atoms with Crippen LogP contribution in [-0.2, 0) is 14.3 Å². The number of carbonyl (C=O) groups excluding carboxylic acids is 2. The largest absolute Gasteiger partial charge is 0.497 e. The SMILES string of the molecule is COc1ccc(OCCC(=O)OCC(=O)NC(c2ccccc2)c2cccs2)cc1. The van der Waals surface area contributed by atoms with E-state index in [1.807, 2.05) is 47.8 Å². The molecule has 0 aliphatic heterocycles. The summed E-state index contributed by atoms with van der Waals surface area (Å²) in [5, 5.41) is 4.89. The normalized spacial score (nSPS) is 11.4. The van der Waals surface area contributed by atoms with Crippen LogP contribution in [0.25, 0.3) is 0 Å². The van der Waals surface area contributed by atoms with Crippen LogP contribution in [0.2, 0.25) is 0 Å². The monoisotopic (exact) mass is 425 g/mol. The molecule has 1 N–H and O–H groups in total. The van der Waals surface area contributed by atoms with Crippen molar-refractivity contribution in [2.75, 3.05) is 20.3 Å². The van der Waals surface area contributed by atoms with Crippen LogP contribution in [0, 0.1) is 0 Å². The van der Waals surface area contributed by atoms with Crippen molar-refractivity contribution >= 4 is 23.2 Å². The maximum Gasteiger partial charge on any atom is 0.309 e. The number of rotatable bonds is 10. The lowest BCUT2D eigenvalue weighted by Crippen LogP contribution is -2.32. The summed E-state index contributed by atoms with van der Waals surface area (Å²) in [5.41, 5.74) is 0.965. The van der Waals surface area contributed by atoms with Crippen LogP contribution in [0.4, 0.5) is 0 Å². The van der Waals surface area contributed by atoms with Crippen LogP contribution in [0.5, 0.6) is 11.5 Å². The van der Waals surface area contributed by atoms with Crippen molar-refractivity contribution in [3.63, 3.8) is 0 Å². The third-order valence-electron chi connectivity index (χ3n) is 4.26. The standard InChI is InChI=1S/C23H23NO5S/c1-27-18-9-11-19(12-10-18)28-14-13-22(26)29-16-21(25)24-23(20-8-5-15-30-20)17-6-3-2-4-7-17/h2-12,15,23H,13-14,16H2,1H3,(H,24,25). The van der Waals surface area contributed by atoms with Crippen LogP contribution in [0.15, 0.2) is 72.1 Å². The second kappa shape index (κ2) is 11.0. The van der Waals surface area contributed by atoms with Crippen LogP contribution < -0.4 is 14.8 Å². The number of nitrogens with one attached hydrogen (secondary N) is 1. The summed E-state index contributed by atoms with van der Waals surface area (Å²) >= 11 is 1.56. The van der Waals surface area contributed by atoms with Crippen molar-refractivity contribution in [2.24, 2.45) is 0 Å². The lowest BCUT2D eigenvalue weighted by molar-refractivity contribution is -0.149. The van der Waals surface area contributed by atoms with E-state index >= 15 is 0 Å².